The standard InChI is InChI=1S/C16H10O4/c17-15(18)13-7-11-5-9-3-1-2-4-10(9)6-12(11)8-14(13)16(19)20/h1-8H,(H,17,18)(H,19,20). The Balaban J connectivity index is 2.41. The smallest absolute Gasteiger partial charge is 0.336 e. The van der Waals surface area contributed by atoms with Crippen LogP contribution in [-0.2, 0) is 0 Å². The van der Waals surface area contributed by atoms with E-state index in [9.17, 15) is 9.59 Å². The van der Waals surface area contributed by atoms with Crippen LogP contribution in [0.5, 0.6) is 0 Å². The fourth-order valence-electron chi connectivity index (χ4n) is 2.35. The molecular weight excluding hydrogens is 256 g/mol. The minimum absolute atomic E-state index is 0.194. The molecule has 0 aliphatic rings. The summed E-state index contributed by atoms with van der Waals surface area (Å²) >= 11 is 0. The lowest BCUT2D eigenvalue weighted by atomic mass is 9.98. The van der Waals surface area contributed by atoms with Gasteiger partial charge in [0.1, 0.15) is 0 Å². The van der Waals surface area contributed by atoms with Gasteiger partial charge in [-0.2, -0.15) is 0 Å². The van der Waals surface area contributed by atoms with Crippen LogP contribution in [0.25, 0.3) is 21.5 Å². The molecule has 3 aromatic rings. The normalized spacial score (nSPS) is 10.8. The van der Waals surface area contributed by atoms with Crippen LogP contribution in [-0.4, -0.2) is 22.2 Å². The highest BCUT2D eigenvalue weighted by atomic mass is 16.4. The summed E-state index contributed by atoms with van der Waals surface area (Å²) < 4.78 is 0. The second-order valence-electron chi connectivity index (χ2n) is 4.55. The molecule has 4 heteroatoms. The van der Waals surface area contributed by atoms with E-state index >= 15 is 0 Å². The van der Waals surface area contributed by atoms with E-state index in [0.29, 0.717) is 10.8 Å². The molecule has 0 heterocycles. The average Bonchev–Trinajstić information content (AvgIpc) is 2.43. The molecule has 3 aromatic carbocycles. The molecule has 0 spiro atoms. The van der Waals surface area contributed by atoms with Crippen molar-refractivity contribution >= 4 is 33.5 Å². The van der Waals surface area contributed by atoms with Crippen LogP contribution in [0.15, 0.2) is 48.5 Å². The first-order chi connectivity index (χ1) is 9.56. The van der Waals surface area contributed by atoms with Crippen molar-refractivity contribution < 1.29 is 19.8 Å². The van der Waals surface area contributed by atoms with E-state index in [1.165, 1.54) is 12.1 Å². The quantitative estimate of drug-likeness (QED) is 0.697. The second-order valence-corrected chi connectivity index (χ2v) is 4.55. The number of fused-ring (bicyclic) bond motifs is 2. The Labute approximate surface area is 113 Å². The third kappa shape index (κ3) is 1.87. The highest BCUT2D eigenvalue weighted by molar-refractivity contribution is 6.08. The fourth-order valence-corrected chi connectivity index (χ4v) is 2.35. The van der Waals surface area contributed by atoms with Crippen LogP contribution in [0.4, 0.5) is 0 Å². The molecule has 0 aliphatic carbocycles. The minimum Gasteiger partial charge on any atom is -0.478 e. The summed E-state index contributed by atoms with van der Waals surface area (Å²) in [5.41, 5.74) is -0.388. The van der Waals surface area contributed by atoms with Crippen LogP contribution in [0.1, 0.15) is 20.7 Å². The largest absolute Gasteiger partial charge is 0.478 e. The van der Waals surface area contributed by atoms with Crippen LogP contribution in [0.2, 0.25) is 0 Å². The number of aromatic carboxylic acids is 2. The van der Waals surface area contributed by atoms with Crippen molar-refractivity contribution in [2.75, 3.05) is 0 Å². The molecular formula is C16H10O4. The minimum atomic E-state index is -1.24. The van der Waals surface area contributed by atoms with E-state index in [1.807, 2.05) is 36.4 Å². The molecule has 0 bridgehead atoms. The van der Waals surface area contributed by atoms with E-state index in [0.717, 1.165) is 10.8 Å². The Bertz CT molecular complexity index is 793. The summed E-state index contributed by atoms with van der Waals surface area (Å²) in [6.07, 6.45) is 0. The number of carbonyl (C=O) groups is 2. The summed E-state index contributed by atoms with van der Waals surface area (Å²) in [6, 6.07) is 14.2. The molecule has 0 fully saturated rings. The zero-order valence-electron chi connectivity index (χ0n) is 10.3. The number of benzene rings is 3. The predicted octanol–water partition coefficient (Wildman–Crippen LogP) is 3.39. The van der Waals surface area contributed by atoms with E-state index in [1.54, 1.807) is 0 Å². The topological polar surface area (TPSA) is 74.6 Å². The first-order valence-electron chi connectivity index (χ1n) is 5.99. The van der Waals surface area contributed by atoms with Gasteiger partial charge in [0.25, 0.3) is 0 Å². The van der Waals surface area contributed by atoms with Crippen molar-refractivity contribution in [2.45, 2.75) is 0 Å². The van der Waals surface area contributed by atoms with Crippen molar-refractivity contribution in [1.29, 1.82) is 0 Å². The lowest BCUT2D eigenvalue weighted by molar-refractivity contribution is 0.0652. The van der Waals surface area contributed by atoms with Crippen molar-refractivity contribution in [1.82, 2.24) is 0 Å². The fraction of sp³-hybridized carbons (Fsp3) is 0. The summed E-state index contributed by atoms with van der Waals surface area (Å²) in [7, 11) is 0. The van der Waals surface area contributed by atoms with Gasteiger partial charge in [0.2, 0.25) is 0 Å². The summed E-state index contributed by atoms with van der Waals surface area (Å²) in [4.78, 5) is 22.3. The van der Waals surface area contributed by atoms with Gasteiger partial charge < -0.3 is 10.2 Å². The van der Waals surface area contributed by atoms with Gasteiger partial charge in [-0.3, -0.25) is 0 Å². The Morgan fingerprint density at radius 1 is 0.650 bits per heavy atom. The molecule has 4 nitrogen and oxygen atoms in total. The maximum atomic E-state index is 11.2. The van der Waals surface area contributed by atoms with Gasteiger partial charge in [-0.25, -0.2) is 9.59 Å². The molecule has 0 amide bonds. The van der Waals surface area contributed by atoms with Crippen LogP contribution in [0.3, 0.4) is 0 Å². The zero-order valence-corrected chi connectivity index (χ0v) is 10.3. The molecule has 0 saturated heterocycles. The van der Waals surface area contributed by atoms with E-state index in [-0.39, 0.29) is 11.1 Å². The molecule has 0 saturated carbocycles. The van der Waals surface area contributed by atoms with Crippen LogP contribution >= 0.6 is 0 Å². The zero-order chi connectivity index (χ0) is 14.3. The first kappa shape index (κ1) is 12.2. The number of hydrogen-bond acceptors (Lipinski definition) is 2. The van der Waals surface area contributed by atoms with Gasteiger partial charge >= 0.3 is 11.9 Å². The number of hydrogen-bond donors (Lipinski definition) is 2. The van der Waals surface area contributed by atoms with E-state index in [2.05, 4.69) is 0 Å². The van der Waals surface area contributed by atoms with Crippen molar-refractivity contribution in [3.05, 3.63) is 59.7 Å². The first-order valence-corrected chi connectivity index (χ1v) is 5.99. The predicted molar refractivity (Wildman–Crippen MR) is 75.4 cm³/mol. The summed E-state index contributed by atoms with van der Waals surface area (Å²) in [5.74, 6) is -2.48. The summed E-state index contributed by atoms with van der Waals surface area (Å²) in [5, 5.41) is 21.6. The highest BCUT2D eigenvalue weighted by Gasteiger charge is 2.17. The Morgan fingerprint density at radius 2 is 1.05 bits per heavy atom. The lowest BCUT2D eigenvalue weighted by Gasteiger charge is -2.07. The van der Waals surface area contributed by atoms with Crippen molar-refractivity contribution in [3.8, 4) is 0 Å². The molecule has 2 N–H and O–H groups in total. The van der Waals surface area contributed by atoms with Crippen LogP contribution < -0.4 is 0 Å². The van der Waals surface area contributed by atoms with E-state index in [4.69, 9.17) is 10.2 Å². The number of rotatable bonds is 2. The molecule has 20 heavy (non-hydrogen) atoms. The van der Waals surface area contributed by atoms with Gasteiger partial charge in [0.05, 0.1) is 11.1 Å². The second kappa shape index (κ2) is 4.35. The van der Waals surface area contributed by atoms with Gasteiger partial charge in [-0.15, -0.1) is 0 Å². The van der Waals surface area contributed by atoms with E-state index < -0.39 is 11.9 Å². The highest BCUT2D eigenvalue weighted by Crippen LogP contribution is 2.26. The van der Waals surface area contributed by atoms with Crippen LogP contribution in [0, 0.1) is 0 Å². The molecule has 0 atom stereocenters. The molecule has 0 radical (unpaired) electrons. The third-order valence-electron chi connectivity index (χ3n) is 3.30. The van der Waals surface area contributed by atoms with Gasteiger partial charge in [-0.1, -0.05) is 24.3 Å². The maximum Gasteiger partial charge on any atom is 0.336 e. The third-order valence-corrected chi connectivity index (χ3v) is 3.30. The molecule has 98 valence electrons. The lowest BCUT2D eigenvalue weighted by Crippen LogP contribution is -2.07. The van der Waals surface area contributed by atoms with Gasteiger partial charge in [0.15, 0.2) is 0 Å². The Hall–Kier alpha value is -2.88. The maximum absolute atomic E-state index is 11.2. The monoisotopic (exact) mass is 266 g/mol. The molecule has 0 aliphatic heterocycles. The SMILES string of the molecule is O=C(O)c1cc2cc3ccccc3cc2cc1C(=O)O. The van der Waals surface area contributed by atoms with Gasteiger partial charge in [0, 0.05) is 0 Å². The van der Waals surface area contributed by atoms with Crippen molar-refractivity contribution in [3.63, 3.8) is 0 Å². The Kier molecular flexibility index (Phi) is 2.64. The average molecular weight is 266 g/mol. The number of carboxylic acids is 2. The number of carboxylic acid groups (broad SMARTS) is 2. The van der Waals surface area contributed by atoms with Crippen molar-refractivity contribution in [2.24, 2.45) is 0 Å². The molecule has 0 unspecified atom stereocenters. The molecule has 3 rings (SSSR count). The summed E-state index contributed by atoms with van der Waals surface area (Å²) in [6.45, 7) is 0. The van der Waals surface area contributed by atoms with Gasteiger partial charge in [-0.05, 0) is 45.8 Å². The Morgan fingerprint density at radius 3 is 1.40 bits per heavy atom. The molecule has 0 aromatic heterocycles.